The van der Waals surface area contributed by atoms with E-state index >= 15 is 0 Å². The fourth-order valence-electron chi connectivity index (χ4n) is 1.09. The van der Waals surface area contributed by atoms with Crippen molar-refractivity contribution in [2.24, 2.45) is 5.92 Å². The van der Waals surface area contributed by atoms with Crippen LogP contribution in [0.2, 0.25) is 0 Å². The molecule has 0 saturated carbocycles. The van der Waals surface area contributed by atoms with Gasteiger partial charge < -0.3 is 10.6 Å². The molecule has 0 unspecified atom stereocenters. The van der Waals surface area contributed by atoms with Crippen molar-refractivity contribution in [3.63, 3.8) is 0 Å². The van der Waals surface area contributed by atoms with E-state index in [0.29, 0.717) is 17.6 Å². The van der Waals surface area contributed by atoms with E-state index < -0.39 is 0 Å². The number of carbonyl (C=O) groups excluding carboxylic acids is 1. The topological polar surface area (TPSA) is 77.8 Å². The summed E-state index contributed by atoms with van der Waals surface area (Å²) >= 11 is 1.42. The van der Waals surface area contributed by atoms with Gasteiger partial charge in [-0.3, -0.25) is 4.79 Å². The number of nitrogens with one attached hydrogen (secondary N) is 2. The molecule has 0 fully saturated rings. The maximum Gasteiger partial charge on any atom is 0.263 e. The molecule has 2 N–H and O–H groups in total. The number of hydrogen-bond acceptors (Lipinski definition) is 5. The molecule has 1 amide bonds. The van der Waals surface area contributed by atoms with Crippen LogP contribution >= 0.6 is 11.3 Å². The van der Waals surface area contributed by atoms with Crippen molar-refractivity contribution in [1.82, 2.24) is 10.3 Å². The Kier molecular flexibility index (Phi) is 5.33. The van der Waals surface area contributed by atoms with Crippen LogP contribution in [0.4, 0.5) is 5.13 Å². The van der Waals surface area contributed by atoms with Gasteiger partial charge in [0.2, 0.25) is 0 Å². The van der Waals surface area contributed by atoms with Crippen LogP contribution in [0, 0.1) is 24.2 Å². The summed E-state index contributed by atoms with van der Waals surface area (Å²) in [5, 5.41) is 17.0. The second-order valence-corrected chi connectivity index (χ2v) is 5.07. The van der Waals surface area contributed by atoms with Crippen LogP contribution in [0.25, 0.3) is 0 Å². The molecule has 96 valence electrons. The highest BCUT2D eigenvalue weighted by Crippen LogP contribution is 2.14. The molecule has 6 heteroatoms. The van der Waals surface area contributed by atoms with E-state index in [1.54, 1.807) is 0 Å². The highest BCUT2D eigenvalue weighted by molar-refractivity contribution is 7.13. The average molecular weight is 264 g/mol. The van der Waals surface area contributed by atoms with Gasteiger partial charge in [0.05, 0.1) is 5.69 Å². The molecule has 0 radical (unpaired) electrons. The molecule has 1 aromatic rings. The van der Waals surface area contributed by atoms with Crippen molar-refractivity contribution in [2.75, 3.05) is 11.9 Å². The molecule has 0 spiro atoms. The van der Waals surface area contributed by atoms with E-state index in [4.69, 9.17) is 5.26 Å². The maximum absolute atomic E-state index is 11.6. The normalized spacial score (nSPS) is 11.2. The van der Waals surface area contributed by atoms with Crippen LogP contribution in [-0.2, 0) is 4.79 Å². The summed E-state index contributed by atoms with van der Waals surface area (Å²) in [6.07, 6.45) is 1.38. The lowest BCUT2D eigenvalue weighted by atomic mass is 10.2. The number of anilines is 1. The average Bonchev–Trinajstić information content (AvgIpc) is 2.73. The number of nitrogens with zero attached hydrogens (tertiary/aromatic N) is 2. The highest BCUT2D eigenvalue weighted by atomic mass is 32.1. The molecule has 1 rings (SSSR count). The van der Waals surface area contributed by atoms with Crippen LogP contribution in [0.3, 0.4) is 0 Å². The molecule has 0 bridgehead atoms. The predicted octanol–water partition coefficient (Wildman–Crippen LogP) is 2.04. The second-order valence-electron chi connectivity index (χ2n) is 4.21. The molecular formula is C12H16N4OS. The van der Waals surface area contributed by atoms with Gasteiger partial charge in [-0.05, 0) is 12.8 Å². The molecule has 1 heterocycles. The van der Waals surface area contributed by atoms with Gasteiger partial charge >= 0.3 is 0 Å². The maximum atomic E-state index is 11.6. The van der Waals surface area contributed by atoms with E-state index in [0.717, 1.165) is 5.69 Å². The lowest BCUT2D eigenvalue weighted by molar-refractivity contribution is -0.117. The zero-order valence-electron chi connectivity index (χ0n) is 10.7. The first-order valence-electron chi connectivity index (χ1n) is 5.60. The molecule has 18 heavy (non-hydrogen) atoms. The second kappa shape index (κ2) is 6.77. The molecule has 0 saturated heterocycles. The SMILES string of the molecule is Cc1csc(N/C=C(/C#N)C(=O)NCC(C)C)n1. The first kappa shape index (κ1) is 14.2. The van der Waals surface area contributed by atoms with Crippen molar-refractivity contribution in [3.05, 3.63) is 22.8 Å². The zero-order chi connectivity index (χ0) is 13.5. The number of rotatable bonds is 5. The summed E-state index contributed by atoms with van der Waals surface area (Å²) in [5.41, 5.74) is 0.946. The summed E-state index contributed by atoms with van der Waals surface area (Å²) in [6, 6.07) is 1.87. The van der Waals surface area contributed by atoms with E-state index in [9.17, 15) is 4.79 Å². The Morgan fingerprint density at radius 1 is 1.67 bits per heavy atom. The number of nitriles is 1. The van der Waals surface area contributed by atoms with Crippen molar-refractivity contribution in [3.8, 4) is 6.07 Å². The smallest absolute Gasteiger partial charge is 0.263 e. The first-order chi connectivity index (χ1) is 8.52. The van der Waals surface area contributed by atoms with Crippen molar-refractivity contribution in [2.45, 2.75) is 20.8 Å². The van der Waals surface area contributed by atoms with Gasteiger partial charge in [0.15, 0.2) is 5.13 Å². The molecule has 0 aliphatic heterocycles. The minimum absolute atomic E-state index is 0.0449. The Balaban J connectivity index is 2.60. The number of aryl methyl sites for hydroxylation is 1. The number of hydrogen-bond donors (Lipinski definition) is 2. The lowest BCUT2D eigenvalue weighted by Crippen LogP contribution is -2.28. The van der Waals surface area contributed by atoms with Gasteiger partial charge in [0.25, 0.3) is 5.91 Å². The van der Waals surface area contributed by atoms with Crippen LogP contribution in [0.5, 0.6) is 0 Å². The predicted molar refractivity (Wildman–Crippen MR) is 72.0 cm³/mol. The lowest BCUT2D eigenvalue weighted by Gasteiger charge is -2.06. The minimum atomic E-state index is -0.369. The monoisotopic (exact) mass is 264 g/mol. The minimum Gasteiger partial charge on any atom is -0.351 e. The van der Waals surface area contributed by atoms with Crippen molar-refractivity contribution in [1.29, 1.82) is 5.26 Å². The van der Waals surface area contributed by atoms with E-state index in [-0.39, 0.29) is 11.5 Å². The van der Waals surface area contributed by atoms with E-state index in [1.165, 1.54) is 17.5 Å². The molecule has 0 aromatic carbocycles. The zero-order valence-corrected chi connectivity index (χ0v) is 11.5. The van der Waals surface area contributed by atoms with Gasteiger partial charge in [-0.1, -0.05) is 13.8 Å². The molecule has 0 aliphatic rings. The Morgan fingerprint density at radius 3 is 2.89 bits per heavy atom. The van der Waals surface area contributed by atoms with E-state index in [2.05, 4.69) is 15.6 Å². The third-order valence-electron chi connectivity index (χ3n) is 1.99. The number of aromatic nitrogens is 1. The van der Waals surface area contributed by atoms with Gasteiger partial charge in [-0.15, -0.1) is 11.3 Å². The van der Waals surface area contributed by atoms with Crippen LogP contribution in [0.1, 0.15) is 19.5 Å². The van der Waals surface area contributed by atoms with Crippen molar-refractivity contribution < 1.29 is 4.79 Å². The van der Waals surface area contributed by atoms with Gasteiger partial charge in [-0.2, -0.15) is 5.26 Å². The highest BCUT2D eigenvalue weighted by Gasteiger charge is 2.09. The van der Waals surface area contributed by atoms with Gasteiger partial charge in [0.1, 0.15) is 11.6 Å². The third-order valence-corrected chi connectivity index (χ3v) is 2.89. The van der Waals surface area contributed by atoms with Gasteiger partial charge in [0, 0.05) is 18.1 Å². The molecule has 1 aromatic heterocycles. The quantitative estimate of drug-likeness (QED) is 0.630. The van der Waals surface area contributed by atoms with Crippen LogP contribution in [-0.4, -0.2) is 17.4 Å². The Hall–Kier alpha value is -1.87. The summed E-state index contributed by atoms with van der Waals surface area (Å²) in [6.45, 7) is 6.42. The summed E-state index contributed by atoms with van der Waals surface area (Å²) in [4.78, 5) is 15.8. The molecule has 5 nitrogen and oxygen atoms in total. The third kappa shape index (κ3) is 4.55. The molecular weight excluding hydrogens is 248 g/mol. The van der Waals surface area contributed by atoms with Gasteiger partial charge in [-0.25, -0.2) is 4.98 Å². The summed E-state index contributed by atoms with van der Waals surface area (Å²) < 4.78 is 0. The van der Waals surface area contributed by atoms with Crippen LogP contribution < -0.4 is 10.6 Å². The summed E-state index contributed by atoms with van der Waals surface area (Å²) in [7, 11) is 0. The number of carbonyl (C=O) groups is 1. The number of thiazole rings is 1. The Morgan fingerprint density at radius 2 is 2.39 bits per heavy atom. The fraction of sp³-hybridized carbons (Fsp3) is 0.417. The Bertz CT molecular complexity index is 485. The standard InChI is InChI=1S/C12H16N4OS/c1-8(2)5-14-11(17)10(4-13)6-15-12-16-9(3)7-18-12/h6-8H,5H2,1-3H3,(H,14,17)(H,15,16)/b10-6-. The largest absolute Gasteiger partial charge is 0.351 e. The Labute approximate surface area is 111 Å². The first-order valence-corrected chi connectivity index (χ1v) is 6.48. The van der Waals surface area contributed by atoms with Crippen LogP contribution in [0.15, 0.2) is 17.2 Å². The fourth-order valence-corrected chi connectivity index (χ4v) is 1.75. The molecule has 0 aliphatic carbocycles. The van der Waals surface area contributed by atoms with Crippen molar-refractivity contribution >= 4 is 22.4 Å². The summed E-state index contributed by atoms with van der Waals surface area (Å²) in [5.74, 6) is -0.0181. The molecule has 0 atom stereocenters. The van der Waals surface area contributed by atoms with E-state index in [1.807, 2.05) is 32.2 Å². The number of amides is 1.